The monoisotopic (exact) mass is 398 g/mol. The van der Waals surface area contributed by atoms with E-state index in [9.17, 15) is 14.4 Å². The minimum atomic E-state index is -0.619. The van der Waals surface area contributed by atoms with E-state index in [0.717, 1.165) is 11.1 Å². The predicted molar refractivity (Wildman–Crippen MR) is 112 cm³/mol. The molecule has 0 heterocycles. The fourth-order valence-corrected chi connectivity index (χ4v) is 2.78. The quantitative estimate of drug-likeness (QED) is 0.632. The smallest absolute Gasteiger partial charge is 0.325 e. The van der Waals surface area contributed by atoms with Crippen molar-refractivity contribution < 1.29 is 19.1 Å². The molecule has 0 saturated heterocycles. The number of nitrogens with two attached hydrogens (primary N) is 1. The summed E-state index contributed by atoms with van der Waals surface area (Å²) in [6.07, 6.45) is 0.0774. The molecular formula is C21H26N4O4. The van der Waals surface area contributed by atoms with Crippen LogP contribution in [0.25, 0.3) is 0 Å². The molecule has 2 aromatic carbocycles. The number of hydrogen-bond donors (Lipinski definition) is 3. The number of carbonyl (C=O) groups excluding carboxylic acids is 3. The Balaban J connectivity index is 2.01. The van der Waals surface area contributed by atoms with Gasteiger partial charge in [0.1, 0.15) is 5.75 Å². The molecule has 29 heavy (non-hydrogen) atoms. The highest BCUT2D eigenvalue weighted by atomic mass is 16.5. The molecule has 8 nitrogen and oxygen atoms in total. The molecule has 0 bridgehead atoms. The van der Waals surface area contributed by atoms with E-state index >= 15 is 0 Å². The number of nitrogens with one attached hydrogen (secondary N) is 2. The zero-order chi connectivity index (χ0) is 21.4. The first kappa shape index (κ1) is 21.7. The van der Waals surface area contributed by atoms with E-state index in [-0.39, 0.29) is 19.5 Å². The van der Waals surface area contributed by atoms with Gasteiger partial charge in [-0.1, -0.05) is 17.7 Å². The molecule has 2 aromatic rings. The lowest BCUT2D eigenvalue weighted by atomic mass is 10.1. The number of nitrogens with zero attached hydrogens (tertiary/aromatic N) is 1. The highest BCUT2D eigenvalue weighted by molar-refractivity contribution is 6.02. The van der Waals surface area contributed by atoms with E-state index < -0.39 is 17.8 Å². The van der Waals surface area contributed by atoms with Gasteiger partial charge in [0.25, 0.3) is 0 Å². The van der Waals surface area contributed by atoms with Crippen molar-refractivity contribution >= 4 is 29.2 Å². The number of rotatable bonds is 8. The van der Waals surface area contributed by atoms with E-state index in [1.807, 2.05) is 26.0 Å². The number of aryl methyl sites for hydroxylation is 2. The Morgan fingerprint density at radius 1 is 1.07 bits per heavy atom. The summed E-state index contributed by atoms with van der Waals surface area (Å²) in [7, 11) is 1.56. The molecule has 0 radical (unpaired) electrons. The summed E-state index contributed by atoms with van der Waals surface area (Å²) in [6.45, 7) is 3.97. The first-order chi connectivity index (χ1) is 13.8. The second-order valence-electron chi connectivity index (χ2n) is 6.66. The van der Waals surface area contributed by atoms with Gasteiger partial charge in [-0.3, -0.25) is 14.9 Å². The van der Waals surface area contributed by atoms with Crippen molar-refractivity contribution in [1.29, 1.82) is 0 Å². The minimum Gasteiger partial charge on any atom is -0.497 e. The van der Waals surface area contributed by atoms with Crippen molar-refractivity contribution in [3.63, 3.8) is 0 Å². The summed E-state index contributed by atoms with van der Waals surface area (Å²) in [4.78, 5) is 37.4. The molecule has 0 aliphatic rings. The van der Waals surface area contributed by atoms with Crippen molar-refractivity contribution in [2.24, 2.45) is 5.73 Å². The zero-order valence-electron chi connectivity index (χ0n) is 16.8. The molecule has 0 aliphatic carbocycles. The van der Waals surface area contributed by atoms with Crippen LogP contribution in [0.4, 0.5) is 16.2 Å². The molecule has 0 saturated carbocycles. The molecule has 2 rings (SSSR count). The summed E-state index contributed by atoms with van der Waals surface area (Å²) >= 11 is 0. The average Bonchev–Trinajstić information content (AvgIpc) is 2.67. The maximum atomic E-state index is 12.4. The molecule has 8 heteroatoms. The largest absolute Gasteiger partial charge is 0.497 e. The molecule has 0 aliphatic heterocycles. The van der Waals surface area contributed by atoms with Crippen molar-refractivity contribution in [3.05, 3.63) is 53.6 Å². The van der Waals surface area contributed by atoms with Crippen molar-refractivity contribution in [1.82, 2.24) is 5.32 Å². The Kier molecular flexibility index (Phi) is 7.59. The van der Waals surface area contributed by atoms with Crippen molar-refractivity contribution in [3.8, 4) is 5.75 Å². The Labute approximate surface area is 170 Å². The molecule has 4 N–H and O–H groups in total. The van der Waals surface area contributed by atoms with E-state index in [1.54, 1.807) is 42.3 Å². The zero-order valence-corrected chi connectivity index (χ0v) is 16.8. The number of methoxy groups -OCH3 is 1. The van der Waals surface area contributed by atoms with Crippen molar-refractivity contribution in [2.45, 2.75) is 20.3 Å². The molecule has 0 unspecified atom stereocenters. The molecule has 0 aromatic heterocycles. The number of carbonyl (C=O) groups is 3. The number of hydrogen-bond acceptors (Lipinski definition) is 5. The number of imide groups is 1. The lowest BCUT2D eigenvalue weighted by molar-refractivity contribution is -0.119. The van der Waals surface area contributed by atoms with Gasteiger partial charge in [-0.2, -0.15) is 0 Å². The van der Waals surface area contributed by atoms with Crippen LogP contribution in [-0.2, 0) is 9.59 Å². The van der Waals surface area contributed by atoms with Crippen LogP contribution in [0.5, 0.6) is 5.75 Å². The van der Waals surface area contributed by atoms with Gasteiger partial charge in [0.05, 0.1) is 13.7 Å². The van der Waals surface area contributed by atoms with Crippen LogP contribution in [0.1, 0.15) is 17.5 Å². The van der Waals surface area contributed by atoms with Crippen LogP contribution < -0.4 is 26.0 Å². The molecule has 0 fully saturated rings. The number of urea groups is 1. The van der Waals surface area contributed by atoms with Gasteiger partial charge in [-0.05, 0) is 49.7 Å². The van der Waals surface area contributed by atoms with Gasteiger partial charge < -0.3 is 20.7 Å². The van der Waals surface area contributed by atoms with E-state index in [4.69, 9.17) is 10.5 Å². The number of primary amides is 1. The van der Waals surface area contributed by atoms with Crippen LogP contribution in [-0.4, -0.2) is 38.0 Å². The third-order valence-corrected chi connectivity index (χ3v) is 4.28. The molecule has 0 atom stereocenters. The number of benzene rings is 2. The normalized spacial score (nSPS) is 10.2. The van der Waals surface area contributed by atoms with E-state index in [1.165, 1.54) is 0 Å². The van der Waals surface area contributed by atoms with Gasteiger partial charge in [0.2, 0.25) is 11.8 Å². The number of amides is 4. The lowest BCUT2D eigenvalue weighted by Crippen LogP contribution is -2.42. The second-order valence-corrected chi connectivity index (χ2v) is 6.66. The Morgan fingerprint density at radius 3 is 2.34 bits per heavy atom. The lowest BCUT2D eigenvalue weighted by Gasteiger charge is -2.24. The molecule has 4 amide bonds. The van der Waals surface area contributed by atoms with Crippen molar-refractivity contribution in [2.75, 3.05) is 30.4 Å². The van der Waals surface area contributed by atoms with Crippen LogP contribution in [0.2, 0.25) is 0 Å². The van der Waals surface area contributed by atoms with Crippen LogP contribution in [0.15, 0.2) is 42.5 Å². The highest BCUT2D eigenvalue weighted by Crippen LogP contribution is 2.19. The van der Waals surface area contributed by atoms with E-state index in [2.05, 4.69) is 10.6 Å². The fraction of sp³-hybridized carbons (Fsp3) is 0.286. The standard InChI is InChI=1S/C21H26N4O4/c1-14-4-9-18(15(2)12-14)23-21(28)24-20(27)13-25(11-10-19(22)26)16-5-7-17(29-3)8-6-16/h4-9,12H,10-11,13H2,1-3H3,(H2,22,26)(H2,23,24,27,28). The predicted octanol–water partition coefficient (Wildman–Crippen LogP) is 2.34. The summed E-state index contributed by atoms with van der Waals surface area (Å²) in [5, 5.41) is 4.98. The topological polar surface area (TPSA) is 114 Å². The van der Waals surface area contributed by atoms with Crippen LogP contribution in [0.3, 0.4) is 0 Å². The van der Waals surface area contributed by atoms with Gasteiger partial charge >= 0.3 is 6.03 Å². The third kappa shape index (κ3) is 6.84. The maximum absolute atomic E-state index is 12.4. The molecule has 0 spiro atoms. The molecule has 154 valence electrons. The Morgan fingerprint density at radius 2 is 1.76 bits per heavy atom. The fourth-order valence-electron chi connectivity index (χ4n) is 2.78. The van der Waals surface area contributed by atoms with Gasteiger partial charge in [0, 0.05) is 24.3 Å². The number of anilines is 2. The van der Waals surface area contributed by atoms with Crippen LogP contribution in [0, 0.1) is 13.8 Å². The molecular weight excluding hydrogens is 372 g/mol. The Bertz CT molecular complexity index is 881. The average molecular weight is 398 g/mol. The first-order valence-electron chi connectivity index (χ1n) is 9.14. The van der Waals surface area contributed by atoms with Gasteiger partial charge in [-0.25, -0.2) is 4.79 Å². The number of ether oxygens (including phenoxy) is 1. The SMILES string of the molecule is COc1ccc(N(CCC(N)=O)CC(=O)NC(=O)Nc2ccc(C)cc2C)cc1. The van der Waals surface area contributed by atoms with Gasteiger partial charge in [-0.15, -0.1) is 0 Å². The summed E-state index contributed by atoms with van der Waals surface area (Å²) in [5.41, 5.74) is 8.54. The summed E-state index contributed by atoms with van der Waals surface area (Å²) < 4.78 is 5.13. The van der Waals surface area contributed by atoms with Crippen LogP contribution >= 0.6 is 0 Å². The maximum Gasteiger partial charge on any atom is 0.325 e. The third-order valence-electron chi connectivity index (χ3n) is 4.28. The summed E-state index contributed by atoms with van der Waals surface area (Å²) in [6, 6.07) is 12.0. The summed E-state index contributed by atoms with van der Waals surface area (Å²) in [5.74, 6) is -0.315. The minimum absolute atomic E-state index is 0.0774. The second kappa shape index (κ2) is 10.1. The van der Waals surface area contributed by atoms with E-state index in [0.29, 0.717) is 17.1 Å². The highest BCUT2D eigenvalue weighted by Gasteiger charge is 2.15. The van der Waals surface area contributed by atoms with Gasteiger partial charge in [0.15, 0.2) is 0 Å². The Hall–Kier alpha value is -3.55. The first-order valence-corrected chi connectivity index (χ1v) is 9.14.